The summed E-state index contributed by atoms with van der Waals surface area (Å²) in [5, 5.41) is 18.9. The Balaban J connectivity index is 0.00000676. The number of rotatable bonds is 7. The molecule has 154 valence electrons. The smallest absolute Gasteiger partial charge is 0.407 e. The number of aliphatic hydroxyl groups is 1. The summed E-state index contributed by atoms with van der Waals surface area (Å²) < 4.78 is 18.1. The van der Waals surface area contributed by atoms with Crippen molar-refractivity contribution in [2.75, 3.05) is 26.2 Å². The third kappa shape index (κ3) is 11.6. The van der Waals surface area contributed by atoms with Crippen LogP contribution in [0.2, 0.25) is 0 Å². The Morgan fingerprint density at radius 2 is 1.78 bits per heavy atom. The van der Waals surface area contributed by atoms with E-state index in [1.165, 1.54) is 24.3 Å². The second-order valence-corrected chi connectivity index (χ2v) is 6.64. The molecule has 27 heavy (non-hydrogen) atoms. The van der Waals surface area contributed by atoms with Crippen molar-refractivity contribution in [2.24, 2.45) is 4.99 Å². The number of carbonyl (C=O) groups excluding carboxylic acids is 1. The van der Waals surface area contributed by atoms with Crippen LogP contribution in [-0.2, 0) is 4.74 Å². The third-order valence-corrected chi connectivity index (χ3v) is 3.11. The maximum absolute atomic E-state index is 12.9. The van der Waals surface area contributed by atoms with Gasteiger partial charge in [0.05, 0.1) is 12.6 Å². The molecule has 0 saturated carbocycles. The van der Waals surface area contributed by atoms with Crippen molar-refractivity contribution in [3.05, 3.63) is 35.6 Å². The Bertz CT molecular complexity index is 591. The highest BCUT2D eigenvalue weighted by atomic mass is 127. The zero-order chi connectivity index (χ0) is 19.6. The molecule has 1 atom stereocenters. The van der Waals surface area contributed by atoms with Gasteiger partial charge in [-0.15, -0.1) is 24.0 Å². The Labute approximate surface area is 177 Å². The lowest BCUT2D eigenvalue weighted by atomic mass is 10.1. The Kier molecular flexibility index (Phi) is 11.9. The molecule has 1 unspecified atom stereocenters. The summed E-state index contributed by atoms with van der Waals surface area (Å²) in [5.41, 5.74) is 0.0577. The monoisotopic (exact) mass is 496 g/mol. The summed E-state index contributed by atoms with van der Waals surface area (Å²) in [6.07, 6.45) is -1.31. The molecule has 0 heterocycles. The highest BCUT2D eigenvalue weighted by Gasteiger charge is 2.15. The second kappa shape index (κ2) is 12.7. The highest BCUT2D eigenvalue weighted by molar-refractivity contribution is 14.0. The molecule has 0 fully saturated rings. The maximum atomic E-state index is 12.9. The molecule has 0 bridgehead atoms. The fourth-order valence-electron chi connectivity index (χ4n) is 1.97. The first-order chi connectivity index (χ1) is 12.2. The van der Waals surface area contributed by atoms with E-state index in [4.69, 9.17) is 4.74 Å². The van der Waals surface area contributed by atoms with Gasteiger partial charge in [0, 0.05) is 19.6 Å². The molecular weight excluding hydrogens is 466 g/mol. The van der Waals surface area contributed by atoms with Gasteiger partial charge < -0.3 is 25.8 Å². The van der Waals surface area contributed by atoms with Gasteiger partial charge in [0.25, 0.3) is 0 Å². The normalized spacial score (nSPS) is 12.6. The number of hydrogen-bond acceptors (Lipinski definition) is 4. The number of hydrogen-bond donors (Lipinski definition) is 4. The van der Waals surface area contributed by atoms with Crippen molar-refractivity contribution >= 4 is 36.0 Å². The predicted octanol–water partition coefficient (Wildman–Crippen LogP) is 2.56. The van der Waals surface area contributed by atoms with E-state index in [2.05, 4.69) is 20.9 Å². The average molecular weight is 496 g/mol. The lowest BCUT2D eigenvalue weighted by Crippen LogP contribution is -2.42. The van der Waals surface area contributed by atoms with Gasteiger partial charge in [-0.25, -0.2) is 9.18 Å². The standard InChI is InChI=1S/C18H29FN4O3.HI/c1-5-20-16(21-10-11-22-17(25)26-18(2,3)4)23-12-15(24)13-6-8-14(19)9-7-13;/h6-9,15,24H,5,10-12H2,1-4H3,(H,22,25)(H2,20,21,23);1H. The van der Waals surface area contributed by atoms with Crippen molar-refractivity contribution in [3.63, 3.8) is 0 Å². The first kappa shape index (κ1) is 25.4. The van der Waals surface area contributed by atoms with E-state index < -0.39 is 17.8 Å². The zero-order valence-corrected chi connectivity index (χ0v) is 18.5. The van der Waals surface area contributed by atoms with Crippen molar-refractivity contribution in [2.45, 2.75) is 39.4 Å². The van der Waals surface area contributed by atoms with Crippen LogP contribution in [0.1, 0.15) is 39.4 Å². The number of alkyl carbamates (subject to hydrolysis) is 1. The van der Waals surface area contributed by atoms with E-state index in [0.29, 0.717) is 31.2 Å². The van der Waals surface area contributed by atoms with E-state index in [0.717, 1.165) is 0 Å². The van der Waals surface area contributed by atoms with Crippen LogP contribution < -0.4 is 16.0 Å². The molecule has 1 aromatic carbocycles. The van der Waals surface area contributed by atoms with Gasteiger partial charge in [0.15, 0.2) is 5.96 Å². The molecule has 4 N–H and O–H groups in total. The summed E-state index contributed by atoms with van der Waals surface area (Å²) in [6.45, 7) is 8.90. The van der Waals surface area contributed by atoms with Gasteiger partial charge in [-0.1, -0.05) is 12.1 Å². The molecule has 0 aliphatic heterocycles. The number of nitrogens with zero attached hydrogens (tertiary/aromatic N) is 1. The van der Waals surface area contributed by atoms with E-state index >= 15 is 0 Å². The fraction of sp³-hybridized carbons (Fsp3) is 0.556. The quantitative estimate of drug-likeness (QED) is 0.202. The number of guanidine groups is 1. The van der Waals surface area contributed by atoms with Crippen molar-refractivity contribution in [3.8, 4) is 0 Å². The molecular formula is C18H30FIN4O3. The molecule has 0 aliphatic rings. The summed E-state index contributed by atoms with van der Waals surface area (Å²) in [4.78, 5) is 15.9. The number of ether oxygens (including phenoxy) is 1. The van der Waals surface area contributed by atoms with Gasteiger partial charge in [-0.05, 0) is 45.4 Å². The zero-order valence-electron chi connectivity index (χ0n) is 16.2. The number of aliphatic imine (C=N–C) groups is 1. The van der Waals surface area contributed by atoms with Crippen LogP contribution in [0.15, 0.2) is 29.3 Å². The fourth-order valence-corrected chi connectivity index (χ4v) is 1.97. The molecule has 7 nitrogen and oxygen atoms in total. The van der Waals surface area contributed by atoms with Crippen molar-refractivity contribution < 1.29 is 19.0 Å². The molecule has 9 heteroatoms. The minimum Gasteiger partial charge on any atom is -0.444 e. The molecule has 1 amide bonds. The minimum atomic E-state index is -0.828. The van der Waals surface area contributed by atoms with Gasteiger partial charge in [0.2, 0.25) is 0 Å². The predicted molar refractivity (Wildman–Crippen MR) is 115 cm³/mol. The summed E-state index contributed by atoms with van der Waals surface area (Å²) in [5.74, 6) is 0.164. The van der Waals surface area contributed by atoms with Crippen LogP contribution in [0.4, 0.5) is 9.18 Å². The average Bonchev–Trinajstić information content (AvgIpc) is 2.55. The summed E-state index contributed by atoms with van der Waals surface area (Å²) in [6, 6.07) is 5.66. The molecule has 0 spiro atoms. The Morgan fingerprint density at radius 3 is 2.33 bits per heavy atom. The van der Waals surface area contributed by atoms with E-state index in [1.54, 1.807) is 20.8 Å². The van der Waals surface area contributed by atoms with Crippen LogP contribution in [0, 0.1) is 5.82 Å². The lowest BCUT2D eigenvalue weighted by Gasteiger charge is -2.20. The van der Waals surface area contributed by atoms with Crippen molar-refractivity contribution in [1.29, 1.82) is 0 Å². The van der Waals surface area contributed by atoms with Crippen LogP contribution in [0.5, 0.6) is 0 Å². The summed E-state index contributed by atoms with van der Waals surface area (Å²) in [7, 11) is 0. The van der Waals surface area contributed by atoms with Gasteiger partial charge in [-0.3, -0.25) is 4.99 Å². The number of nitrogens with one attached hydrogen (secondary N) is 3. The molecule has 0 aliphatic carbocycles. The molecule has 0 aromatic heterocycles. The van der Waals surface area contributed by atoms with Crippen LogP contribution in [0.3, 0.4) is 0 Å². The highest BCUT2D eigenvalue weighted by Crippen LogP contribution is 2.13. The largest absolute Gasteiger partial charge is 0.444 e. The van der Waals surface area contributed by atoms with E-state index in [-0.39, 0.29) is 36.3 Å². The third-order valence-electron chi connectivity index (χ3n) is 3.11. The number of benzene rings is 1. The first-order valence-corrected chi connectivity index (χ1v) is 8.64. The van der Waals surface area contributed by atoms with Crippen LogP contribution >= 0.6 is 24.0 Å². The Hall–Kier alpha value is -1.62. The van der Waals surface area contributed by atoms with Gasteiger partial charge in [-0.2, -0.15) is 0 Å². The van der Waals surface area contributed by atoms with Gasteiger partial charge in [0.1, 0.15) is 11.4 Å². The Morgan fingerprint density at radius 1 is 1.19 bits per heavy atom. The number of halogens is 2. The lowest BCUT2D eigenvalue weighted by molar-refractivity contribution is 0.0529. The topological polar surface area (TPSA) is 95.0 Å². The first-order valence-electron chi connectivity index (χ1n) is 8.64. The number of carbonyl (C=O) groups is 1. The molecule has 1 aromatic rings. The second-order valence-electron chi connectivity index (χ2n) is 6.64. The number of amides is 1. The van der Waals surface area contributed by atoms with Gasteiger partial charge >= 0.3 is 6.09 Å². The number of aliphatic hydroxyl groups excluding tert-OH is 1. The van der Waals surface area contributed by atoms with E-state index in [9.17, 15) is 14.3 Å². The van der Waals surface area contributed by atoms with Crippen LogP contribution in [0.25, 0.3) is 0 Å². The molecule has 0 saturated heterocycles. The van der Waals surface area contributed by atoms with E-state index in [1.807, 2.05) is 6.92 Å². The van der Waals surface area contributed by atoms with Crippen molar-refractivity contribution in [1.82, 2.24) is 16.0 Å². The minimum absolute atomic E-state index is 0. The van der Waals surface area contributed by atoms with Crippen LogP contribution in [-0.4, -0.2) is 48.9 Å². The summed E-state index contributed by atoms with van der Waals surface area (Å²) >= 11 is 0. The SMILES string of the molecule is CCNC(=NCC(O)c1ccc(F)cc1)NCCNC(=O)OC(C)(C)C.I. The molecule has 1 rings (SSSR count). The molecule has 0 radical (unpaired) electrons. The maximum Gasteiger partial charge on any atom is 0.407 e.